The van der Waals surface area contributed by atoms with E-state index in [1.54, 1.807) is 12.8 Å². The fourth-order valence-corrected chi connectivity index (χ4v) is 9.48. The number of esters is 1. The molecule has 0 amide bonds. The third-order valence-electron chi connectivity index (χ3n) is 10.6. The van der Waals surface area contributed by atoms with Gasteiger partial charge in [-0.15, -0.1) is 0 Å². The molecule has 0 saturated heterocycles. The molecule has 0 aromatic heterocycles. The van der Waals surface area contributed by atoms with E-state index in [0.29, 0.717) is 22.7 Å². The molecule has 5 unspecified atom stereocenters. The molecular formula is C22H32O2. The van der Waals surface area contributed by atoms with Crippen molar-refractivity contribution in [3.05, 3.63) is 0 Å². The van der Waals surface area contributed by atoms with Crippen molar-refractivity contribution in [2.45, 2.75) is 78.2 Å². The van der Waals surface area contributed by atoms with Crippen LogP contribution in [0.2, 0.25) is 0 Å². The Kier molecular flexibility index (Phi) is 2.29. The van der Waals surface area contributed by atoms with Crippen LogP contribution in [-0.4, -0.2) is 11.6 Å². The average Bonchev–Trinajstić information content (AvgIpc) is 2.54. The van der Waals surface area contributed by atoms with Crippen LogP contribution >= 0.6 is 0 Å². The van der Waals surface area contributed by atoms with Crippen LogP contribution in [0.5, 0.6) is 0 Å². The van der Waals surface area contributed by atoms with E-state index in [1.165, 1.54) is 25.7 Å². The van der Waals surface area contributed by atoms with E-state index in [-0.39, 0.29) is 17.0 Å². The Balaban J connectivity index is 1.41. The summed E-state index contributed by atoms with van der Waals surface area (Å²) in [5.74, 6) is 5.21. The lowest BCUT2D eigenvalue weighted by Crippen LogP contribution is -2.85. The maximum Gasteiger partial charge on any atom is 0.312 e. The lowest BCUT2D eigenvalue weighted by atomic mass is 9.15. The van der Waals surface area contributed by atoms with Crippen molar-refractivity contribution >= 4 is 5.97 Å². The van der Waals surface area contributed by atoms with E-state index in [1.807, 2.05) is 0 Å². The summed E-state index contributed by atoms with van der Waals surface area (Å²) >= 11 is 0. The van der Waals surface area contributed by atoms with Crippen LogP contribution in [0.3, 0.4) is 0 Å². The number of rotatable bonds is 3. The van der Waals surface area contributed by atoms with Gasteiger partial charge >= 0.3 is 5.97 Å². The number of hydrogen-bond acceptors (Lipinski definition) is 2. The molecule has 0 aliphatic heterocycles. The molecule has 9 saturated carbocycles. The fourth-order valence-electron chi connectivity index (χ4n) is 9.48. The van der Waals surface area contributed by atoms with Gasteiger partial charge in [-0.2, -0.15) is 0 Å². The molecule has 9 rings (SSSR count). The van der Waals surface area contributed by atoms with E-state index >= 15 is 0 Å². The van der Waals surface area contributed by atoms with Gasteiger partial charge in [0.25, 0.3) is 0 Å². The molecule has 132 valence electrons. The van der Waals surface area contributed by atoms with Gasteiger partial charge in [0.15, 0.2) is 0 Å². The highest BCUT2D eigenvalue weighted by atomic mass is 16.6. The SMILES string of the molecule is CCC(C)(C)C(=O)OC1(C)C2CC34CC5(C2)C2CC(CC3C21)CC45. The highest BCUT2D eigenvalue weighted by Crippen LogP contribution is 2.91. The minimum absolute atomic E-state index is 0.0619. The molecule has 2 heteroatoms. The summed E-state index contributed by atoms with van der Waals surface area (Å²) in [5.41, 5.74) is 0.869. The third-order valence-corrected chi connectivity index (χ3v) is 10.6. The van der Waals surface area contributed by atoms with Gasteiger partial charge in [0.1, 0.15) is 5.60 Å². The first-order chi connectivity index (χ1) is 11.3. The predicted octanol–water partition coefficient (Wildman–Crippen LogP) is 4.82. The smallest absolute Gasteiger partial charge is 0.312 e. The first-order valence-electron chi connectivity index (χ1n) is 10.5. The Bertz CT molecular complexity index is 622. The fraction of sp³-hybridized carbons (Fsp3) is 0.955. The van der Waals surface area contributed by atoms with Crippen molar-refractivity contribution in [1.82, 2.24) is 0 Å². The first kappa shape index (κ1) is 14.6. The van der Waals surface area contributed by atoms with Crippen molar-refractivity contribution in [2.24, 2.45) is 51.8 Å². The summed E-state index contributed by atoms with van der Waals surface area (Å²) < 4.78 is 6.48. The second-order valence-electron chi connectivity index (χ2n) is 11.4. The van der Waals surface area contributed by atoms with Gasteiger partial charge in [0, 0.05) is 5.92 Å². The molecule has 0 N–H and O–H groups in total. The molecule has 0 aromatic carbocycles. The van der Waals surface area contributed by atoms with Crippen LogP contribution in [0, 0.1) is 51.8 Å². The molecule has 9 fully saturated rings. The quantitative estimate of drug-likeness (QED) is 0.695. The first-order valence-corrected chi connectivity index (χ1v) is 10.5. The molecule has 24 heavy (non-hydrogen) atoms. The van der Waals surface area contributed by atoms with Crippen molar-refractivity contribution in [3.8, 4) is 0 Å². The minimum Gasteiger partial charge on any atom is -0.458 e. The molecule has 0 aromatic rings. The zero-order chi connectivity index (χ0) is 16.7. The molecular weight excluding hydrogens is 296 g/mol. The summed E-state index contributed by atoms with van der Waals surface area (Å²) in [6, 6.07) is 0. The maximum atomic E-state index is 13.0. The van der Waals surface area contributed by atoms with E-state index < -0.39 is 0 Å². The van der Waals surface area contributed by atoms with Crippen molar-refractivity contribution in [1.29, 1.82) is 0 Å². The molecule has 9 aliphatic rings. The summed E-state index contributed by atoms with van der Waals surface area (Å²) in [4.78, 5) is 13.0. The van der Waals surface area contributed by atoms with E-state index in [2.05, 4.69) is 27.7 Å². The maximum absolute atomic E-state index is 13.0. The Morgan fingerprint density at radius 3 is 2.33 bits per heavy atom. The highest BCUT2D eigenvalue weighted by molar-refractivity contribution is 5.76. The van der Waals surface area contributed by atoms with Crippen molar-refractivity contribution in [2.75, 3.05) is 0 Å². The second-order valence-corrected chi connectivity index (χ2v) is 11.4. The Morgan fingerprint density at radius 2 is 1.75 bits per heavy atom. The molecule has 2 spiro atoms. The lowest BCUT2D eigenvalue weighted by Gasteiger charge is -2.89. The normalized spacial score (nSPS) is 61.2. The van der Waals surface area contributed by atoms with Gasteiger partial charge in [0.05, 0.1) is 5.41 Å². The Hall–Kier alpha value is -0.530. The van der Waals surface area contributed by atoms with Crippen LogP contribution in [0.25, 0.3) is 0 Å². The van der Waals surface area contributed by atoms with Gasteiger partial charge in [0.2, 0.25) is 0 Å². The van der Waals surface area contributed by atoms with Crippen LogP contribution in [0.4, 0.5) is 0 Å². The Labute approximate surface area is 146 Å². The number of carbonyl (C=O) groups excluding carboxylic acids is 1. The standard InChI is InChI=1S/C22H32O2/c1-5-19(2,3)18(23)24-20(4)13-9-21-11-22(10-13)15-7-12(8-16(21)22)6-14(21)17(15)20/h12-17H,5-11H2,1-4H3. The van der Waals surface area contributed by atoms with Gasteiger partial charge in [-0.05, 0) is 106 Å². The summed E-state index contributed by atoms with van der Waals surface area (Å²) in [7, 11) is 0. The summed E-state index contributed by atoms with van der Waals surface area (Å²) in [5, 5.41) is 0. The summed E-state index contributed by atoms with van der Waals surface area (Å²) in [6.45, 7) is 8.56. The molecule has 0 radical (unpaired) electrons. The molecule has 5 atom stereocenters. The number of ether oxygens (including phenoxy) is 1. The van der Waals surface area contributed by atoms with Gasteiger partial charge in [-0.1, -0.05) is 6.92 Å². The van der Waals surface area contributed by atoms with Gasteiger partial charge < -0.3 is 4.74 Å². The van der Waals surface area contributed by atoms with Crippen molar-refractivity contribution in [3.63, 3.8) is 0 Å². The molecule has 9 aliphatic carbocycles. The Morgan fingerprint density at radius 1 is 1.12 bits per heavy atom. The molecule has 2 nitrogen and oxygen atoms in total. The number of carbonyl (C=O) groups is 1. The van der Waals surface area contributed by atoms with Crippen LogP contribution in [0.15, 0.2) is 0 Å². The monoisotopic (exact) mass is 328 g/mol. The van der Waals surface area contributed by atoms with Crippen LogP contribution < -0.4 is 0 Å². The van der Waals surface area contributed by atoms with E-state index in [0.717, 1.165) is 30.1 Å². The number of hydrogen-bond donors (Lipinski definition) is 0. The lowest BCUT2D eigenvalue weighted by molar-refractivity contribution is -0.427. The largest absolute Gasteiger partial charge is 0.458 e. The minimum atomic E-state index is -0.339. The van der Waals surface area contributed by atoms with E-state index in [9.17, 15) is 4.79 Å². The van der Waals surface area contributed by atoms with Crippen LogP contribution in [-0.2, 0) is 9.53 Å². The topological polar surface area (TPSA) is 26.3 Å². The van der Waals surface area contributed by atoms with Crippen LogP contribution in [0.1, 0.15) is 72.6 Å². The zero-order valence-electron chi connectivity index (χ0n) is 15.7. The van der Waals surface area contributed by atoms with E-state index in [4.69, 9.17) is 4.74 Å². The highest BCUT2D eigenvalue weighted by Gasteiger charge is 2.86. The predicted molar refractivity (Wildman–Crippen MR) is 92.1 cm³/mol. The van der Waals surface area contributed by atoms with Gasteiger partial charge in [-0.25, -0.2) is 0 Å². The average molecular weight is 328 g/mol. The zero-order valence-corrected chi connectivity index (χ0v) is 15.7. The van der Waals surface area contributed by atoms with Gasteiger partial charge in [-0.3, -0.25) is 4.79 Å². The molecule has 8 bridgehead atoms. The summed E-state index contributed by atoms with van der Waals surface area (Å²) in [6.07, 6.45) is 9.60. The molecule has 0 heterocycles. The second kappa shape index (κ2) is 3.76. The van der Waals surface area contributed by atoms with Crippen molar-refractivity contribution < 1.29 is 9.53 Å². The third kappa shape index (κ3) is 1.23.